The van der Waals surface area contributed by atoms with Gasteiger partial charge in [0.2, 0.25) is 0 Å². The predicted octanol–water partition coefficient (Wildman–Crippen LogP) is 1.10. The Bertz CT molecular complexity index is 392. The van der Waals surface area contributed by atoms with Crippen LogP contribution in [0.1, 0.15) is 10.4 Å². The summed E-state index contributed by atoms with van der Waals surface area (Å²) >= 11 is 3.22. The summed E-state index contributed by atoms with van der Waals surface area (Å²) in [6.45, 7) is 2.55. The van der Waals surface area contributed by atoms with Gasteiger partial charge in [-0.1, -0.05) is 0 Å². The van der Waals surface area contributed by atoms with E-state index in [1.807, 2.05) is 7.05 Å². The van der Waals surface area contributed by atoms with E-state index in [4.69, 9.17) is 9.15 Å². The Labute approximate surface area is 108 Å². The number of hydrogen-bond acceptors (Lipinski definition) is 4. The number of carbonyl (C=O) groups is 1. The summed E-state index contributed by atoms with van der Waals surface area (Å²) in [5, 5.41) is 3.05. The average Bonchev–Trinajstić information content (AvgIpc) is 2.75. The molecule has 1 unspecified atom stereocenters. The quantitative estimate of drug-likeness (QED) is 0.908. The second-order valence-corrected chi connectivity index (χ2v) is 4.63. The molecule has 1 saturated heterocycles. The third kappa shape index (κ3) is 2.88. The molecule has 0 saturated carbocycles. The topological polar surface area (TPSA) is 54.7 Å². The lowest BCUT2D eigenvalue weighted by atomic mass is 10.2. The second-order valence-electron chi connectivity index (χ2n) is 3.91. The molecule has 94 valence electrons. The molecule has 2 rings (SSSR count). The van der Waals surface area contributed by atoms with Gasteiger partial charge in [-0.25, -0.2) is 0 Å². The van der Waals surface area contributed by atoms with E-state index in [0.29, 0.717) is 29.9 Å². The fraction of sp³-hybridized carbons (Fsp3) is 0.545. The highest BCUT2D eigenvalue weighted by Crippen LogP contribution is 2.20. The lowest BCUT2D eigenvalue weighted by Gasteiger charge is -2.32. The van der Waals surface area contributed by atoms with Crippen LogP contribution in [0.15, 0.2) is 21.4 Å². The average molecular weight is 303 g/mol. The van der Waals surface area contributed by atoms with Crippen LogP contribution in [-0.4, -0.2) is 50.2 Å². The number of hydrogen-bond donors (Lipinski definition) is 1. The third-order valence-electron chi connectivity index (χ3n) is 2.71. The lowest BCUT2D eigenvalue weighted by molar-refractivity contribution is -0.0196. The molecule has 0 aliphatic carbocycles. The largest absolute Gasteiger partial charge is 0.457 e. The molecule has 1 atom stereocenters. The Balaban J connectivity index is 2.02. The summed E-state index contributed by atoms with van der Waals surface area (Å²) < 4.78 is 11.1. The van der Waals surface area contributed by atoms with Gasteiger partial charge in [0.05, 0.1) is 24.5 Å². The molecular formula is C11H15BrN2O3. The normalized spacial score (nSPS) is 20.6. The molecule has 5 nitrogen and oxygen atoms in total. The first-order valence-corrected chi connectivity index (χ1v) is 6.30. The molecule has 1 aliphatic rings. The van der Waals surface area contributed by atoms with E-state index in [0.717, 1.165) is 6.54 Å². The van der Waals surface area contributed by atoms with E-state index in [-0.39, 0.29) is 12.0 Å². The number of nitrogens with zero attached hydrogens (tertiary/aromatic N) is 1. The van der Waals surface area contributed by atoms with Gasteiger partial charge < -0.3 is 19.4 Å². The Morgan fingerprint density at radius 1 is 1.71 bits per heavy atom. The van der Waals surface area contributed by atoms with E-state index < -0.39 is 0 Å². The summed E-state index contributed by atoms with van der Waals surface area (Å²) in [5.74, 6) is -0.0185. The minimum Gasteiger partial charge on any atom is -0.457 e. The van der Waals surface area contributed by atoms with Crippen LogP contribution in [0.5, 0.6) is 0 Å². The van der Waals surface area contributed by atoms with Gasteiger partial charge in [-0.2, -0.15) is 0 Å². The van der Waals surface area contributed by atoms with Crippen molar-refractivity contribution in [3.63, 3.8) is 0 Å². The summed E-state index contributed by atoms with van der Waals surface area (Å²) in [6.07, 6.45) is 1.56. The second kappa shape index (κ2) is 5.66. The third-order valence-corrected chi connectivity index (χ3v) is 3.32. The van der Waals surface area contributed by atoms with Crippen LogP contribution in [0.3, 0.4) is 0 Å². The number of ether oxygens (including phenoxy) is 1. The standard InChI is InChI=1S/C11H15BrN2O3/c1-13-6-8-7-14(3-5-16-8)11(15)9-2-4-17-10(9)12/h2,4,8,13H,3,5-7H2,1H3. The summed E-state index contributed by atoms with van der Waals surface area (Å²) in [4.78, 5) is 14.0. The zero-order chi connectivity index (χ0) is 12.3. The lowest BCUT2D eigenvalue weighted by Crippen LogP contribution is -2.48. The molecule has 0 bridgehead atoms. The highest BCUT2D eigenvalue weighted by molar-refractivity contribution is 9.10. The van der Waals surface area contributed by atoms with Gasteiger partial charge in [0.15, 0.2) is 4.67 Å². The number of furan rings is 1. The van der Waals surface area contributed by atoms with Crippen molar-refractivity contribution in [2.45, 2.75) is 6.10 Å². The Hall–Kier alpha value is -0.850. The van der Waals surface area contributed by atoms with Gasteiger partial charge in [0.1, 0.15) is 0 Å². The van der Waals surface area contributed by atoms with Crippen molar-refractivity contribution in [1.82, 2.24) is 10.2 Å². The zero-order valence-electron chi connectivity index (χ0n) is 9.61. The maximum atomic E-state index is 12.2. The number of carbonyl (C=O) groups excluding carboxylic acids is 1. The Morgan fingerprint density at radius 2 is 2.53 bits per heavy atom. The van der Waals surface area contributed by atoms with Crippen LogP contribution < -0.4 is 5.32 Å². The highest BCUT2D eigenvalue weighted by Gasteiger charge is 2.26. The molecule has 0 spiro atoms. The first-order valence-electron chi connectivity index (χ1n) is 5.51. The summed E-state index contributed by atoms with van der Waals surface area (Å²) in [7, 11) is 1.87. The minimum atomic E-state index is -0.0185. The number of nitrogens with one attached hydrogen (secondary N) is 1. The van der Waals surface area contributed by atoms with Crippen molar-refractivity contribution in [1.29, 1.82) is 0 Å². The van der Waals surface area contributed by atoms with Crippen molar-refractivity contribution < 1.29 is 13.9 Å². The van der Waals surface area contributed by atoms with Crippen LogP contribution in [0.2, 0.25) is 0 Å². The van der Waals surface area contributed by atoms with Gasteiger partial charge in [-0.05, 0) is 29.0 Å². The van der Waals surface area contributed by atoms with E-state index in [9.17, 15) is 4.79 Å². The first-order chi connectivity index (χ1) is 8.22. The van der Waals surface area contributed by atoms with Gasteiger partial charge in [0.25, 0.3) is 5.91 Å². The van der Waals surface area contributed by atoms with E-state index in [1.54, 1.807) is 11.0 Å². The van der Waals surface area contributed by atoms with E-state index in [1.165, 1.54) is 6.26 Å². The Morgan fingerprint density at radius 3 is 3.18 bits per heavy atom. The fourth-order valence-corrected chi connectivity index (χ4v) is 2.28. The van der Waals surface area contributed by atoms with Gasteiger partial charge in [0, 0.05) is 19.6 Å². The summed E-state index contributed by atoms with van der Waals surface area (Å²) in [5.41, 5.74) is 0.565. The maximum absolute atomic E-state index is 12.2. The molecule has 0 radical (unpaired) electrons. The molecule has 1 amide bonds. The molecule has 1 aliphatic heterocycles. The van der Waals surface area contributed by atoms with Gasteiger partial charge in [-0.3, -0.25) is 4.79 Å². The fourth-order valence-electron chi connectivity index (χ4n) is 1.87. The van der Waals surface area contributed by atoms with Gasteiger partial charge >= 0.3 is 0 Å². The highest BCUT2D eigenvalue weighted by atomic mass is 79.9. The first kappa shape index (κ1) is 12.6. The molecular weight excluding hydrogens is 288 g/mol. The van der Waals surface area contributed by atoms with Crippen LogP contribution in [-0.2, 0) is 4.74 Å². The van der Waals surface area contributed by atoms with Crippen molar-refractivity contribution >= 4 is 21.8 Å². The minimum absolute atomic E-state index is 0.0185. The molecule has 1 aromatic heterocycles. The Kier molecular flexibility index (Phi) is 4.20. The molecule has 17 heavy (non-hydrogen) atoms. The number of morpholine rings is 1. The van der Waals surface area contributed by atoms with Crippen LogP contribution in [0.25, 0.3) is 0 Å². The van der Waals surface area contributed by atoms with Crippen LogP contribution >= 0.6 is 15.9 Å². The molecule has 6 heteroatoms. The maximum Gasteiger partial charge on any atom is 0.258 e. The summed E-state index contributed by atoms with van der Waals surface area (Å²) in [6, 6.07) is 1.68. The number of likely N-dealkylation sites (N-methyl/N-ethyl adjacent to an activating group) is 1. The molecule has 2 heterocycles. The van der Waals surface area contributed by atoms with Crippen molar-refractivity contribution in [3.8, 4) is 0 Å². The molecule has 1 aromatic rings. The SMILES string of the molecule is CNCC1CN(C(=O)c2ccoc2Br)CCO1. The zero-order valence-corrected chi connectivity index (χ0v) is 11.2. The molecule has 1 N–H and O–H groups in total. The van der Waals surface area contributed by atoms with E-state index >= 15 is 0 Å². The van der Waals surface area contributed by atoms with Crippen LogP contribution in [0, 0.1) is 0 Å². The predicted molar refractivity (Wildman–Crippen MR) is 66.0 cm³/mol. The van der Waals surface area contributed by atoms with E-state index in [2.05, 4.69) is 21.2 Å². The van der Waals surface area contributed by atoms with Crippen molar-refractivity contribution in [2.24, 2.45) is 0 Å². The molecule has 0 aromatic carbocycles. The monoisotopic (exact) mass is 302 g/mol. The molecule has 1 fully saturated rings. The van der Waals surface area contributed by atoms with Gasteiger partial charge in [-0.15, -0.1) is 0 Å². The number of halogens is 1. The number of rotatable bonds is 3. The number of amides is 1. The smallest absolute Gasteiger partial charge is 0.258 e. The van der Waals surface area contributed by atoms with Crippen molar-refractivity contribution in [2.75, 3.05) is 33.3 Å². The van der Waals surface area contributed by atoms with Crippen molar-refractivity contribution in [3.05, 3.63) is 22.6 Å². The van der Waals surface area contributed by atoms with Crippen LogP contribution in [0.4, 0.5) is 0 Å².